The number of esters is 1. The van der Waals surface area contributed by atoms with Crippen LogP contribution in [0.2, 0.25) is 0 Å². The lowest BCUT2D eigenvalue weighted by atomic mass is 10.0. The highest BCUT2D eigenvalue weighted by Crippen LogP contribution is 2.20. The van der Waals surface area contributed by atoms with Crippen molar-refractivity contribution in [2.24, 2.45) is 0 Å². The number of allylic oxidation sites excluding steroid dienone is 4. The Kier molecular flexibility index (Phi) is 76.3. The summed E-state index contributed by atoms with van der Waals surface area (Å²) < 4.78 is 5.49. The number of amides is 1. The van der Waals surface area contributed by atoms with Crippen LogP contribution in [0.25, 0.3) is 0 Å². The Balaban J connectivity index is 3.35. The third-order valence-electron chi connectivity index (χ3n) is 19.3. The summed E-state index contributed by atoms with van der Waals surface area (Å²) in [5, 5.41) is 23.4. The highest BCUT2D eigenvalue weighted by atomic mass is 16.5. The van der Waals surface area contributed by atoms with Gasteiger partial charge in [0, 0.05) is 12.8 Å². The molecule has 0 aromatic rings. The lowest BCUT2D eigenvalue weighted by molar-refractivity contribution is -0.143. The molecule has 522 valence electrons. The number of nitrogens with one attached hydrogen (secondary N) is 1. The van der Waals surface area contributed by atoms with E-state index >= 15 is 0 Å². The molecule has 0 aromatic heterocycles. The Morgan fingerprint density at radius 3 is 0.864 bits per heavy atom. The van der Waals surface area contributed by atoms with Gasteiger partial charge in [-0.25, -0.2) is 0 Å². The van der Waals surface area contributed by atoms with Gasteiger partial charge in [0.1, 0.15) is 0 Å². The molecule has 2 atom stereocenters. The van der Waals surface area contributed by atoms with Crippen LogP contribution in [0.3, 0.4) is 0 Å². The predicted molar refractivity (Wildman–Crippen MR) is 389 cm³/mol. The molecule has 0 heterocycles. The number of unbranched alkanes of at least 4 members (excludes halogenated alkanes) is 62. The molecular formula is C82H159NO5. The maximum absolute atomic E-state index is 12.6. The maximum atomic E-state index is 12.6. The second-order valence-corrected chi connectivity index (χ2v) is 28.1. The smallest absolute Gasteiger partial charge is 0.305 e. The third kappa shape index (κ3) is 73.4. The molecule has 2 unspecified atom stereocenters. The van der Waals surface area contributed by atoms with Gasteiger partial charge in [0.2, 0.25) is 5.91 Å². The molecule has 0 radical (unpaired) electrons. The van der Waals surface area contributed by atoms with E-state index in [2.05, 4.69) is 43.5 Å². The summed E-state index contributed by atoms with van der Waals surface area (Å²) >= 11 is 0. The molecule has 0 aliphatic rings. The summed E-state index contributed by atoms with van der Waals surface area (Å²) in [5.74, 6) is -0.00477. The molecule has 0 fully saturated rings. The summed E-state index contributed by atoms with van der Waals surface area (Å²) in [6, 6.07) is -0.540. The molecule has 0 aliphatic heterocycles. The third-order valence-corrected chi connectivity index (χ3v) is 19.3. The van der Waals surface area contributed by atoms with E-state index in [4.69, 9.17) is 4.74 Å². The number of aliphatic hydroxyl groups is 2. The molecule has 0 aliphatic carbocycles. The van der Waals surface area contributed by atoms with Gasteiger partial charge in [-0.2, -0.15) is 0 Å². The van der Waals surface area contributed by atoms with Gasteiger partial charge < -0.3 is 20.3 Å². The molecule has 1 amide bonds. The minimum atomic E-state index is -0.663. The highest BCUT2D eigenvalue weighted by Gasteiger charge is 2.20. The van der Waals surface area contributed by atoms with Gasteiger partial charge in [-0.05, 0) is 57.8 Å². The maximum Gasteiger partial charge on any atom is 0.305 e. The normalized spacial score (nSPS) is 12.5. The summed E-state index contributed by atoms with van der Waals surface area (Å²) in [7, 11) is 0. The largest absolute Gasteiger partial charge is 0.466 e. The summed E-state index contributed by atoms with van der Waals surface area (Å²) in [6.45, 7) is 5.01. The predicted octanol–water partition coefficient (Wildman–Crippen LogP) is 26.8. The van der Waals surface area contributed by atoms with Crippen LogP contribution in [0.1, 0.15) is 463 Å². The van der Waals surface area contributed by atoms with Crippen molar-refractivity contribution in [1.29, 1.82) is 0 Å². The molecule has 88 heavy (non-hydrogen) atoms. The summed E-state index contributed by atoms with van der Waals surface area (Å²) in [5.41, 5.74) is 0. The Morgan fingerprint density at radius 1 is 0.318 bits per heavy atom. The van der Waals surface area contributed by atoms with Gasteiger partial charge in [0.25, 0.3) is 0 Å². The van der Waals surface area contributed by atoms with Crippen molar-refractivity contribution in [3.05, 3.63) is 24.3 Å². The van der Waals surface area contributed by atoms with E-state index in [1.165, 1.54) is 385 Å². The molecule has 0 rings (SSSR count). The quantitative estimate of drug-likeness (QED) is 0.0320. The lowest BCUT2D eigenvalue weighted by Crippen LogP contribution is -2.45. The second kappa shape index (κ2) is 77.8. The number of aliphatic hydroxyl groups excluding tert-OH is 2. The van der Waals surface area contributed by atoms with E-state index < -0.39 is 12.1 Å². The van der Waals surface area contributed by atoms with Gasteiger partial charge in [-0.1, -0.05) is 417 Å². The van der Waals surface area contributed by atoms with Crippen LogP contribution in [-0.4, -0.2) is 47.4 Å². The minimum Gasteiger partial charge on any atom is -0.466 e. The Hall–Kier alpha value is -1.66. The zero-order valence-corrected chi connectivity index (χ0v) is 60.0. The van der Waals surface area contributed by atoms with Crippen molar-refractivity contribution in [2.75, 3.05) is 13.2 Å². The Morgan fingerprint density at radius 2 is 0.568 bits per heavy atom. The van der Waals surface area contributed by atoms with Crippen molar-refractivity contribution in [1.82, 2.24) is 5.32 Å². The second-order valence-electron chi connectivity index (χ2n) is 28.1. The molecule has 0 aromatic carbocycles. The van der Waals surface area contributed by atoms with Gasteiger partial charge in [0.05, 0.1) is 25.4 Å². The first-order valence-corrected chi connectivity index (χ1v) is 40.6. The topological polar surface area (TPSA) is 95.9 Å². The van der Waals surface area contributed by atoms with Crippen LogP contribution in [0.15, 0.2) is 24.3 Å². The fourth-order valence-electron chi connectivity index (χ4n) is 13.1. The van der Waals surface area contributed by atoms with E-state index in [0.29, 0.717) is 25.9 Å². The standard InChI is InChI=1S/C82H159NO5/c1-3-5-7-9-11-13-15-17-18-19-20-42-45-48-51-54-58-62-66-70-74-80(85)79(78-84)83-81(86)75-71-67-63-59-55-52-49-46-43-40-38-36-34-32-30-28-26-24-22-21-23-25-27-29-31-33-35-37-39-41-44-47-50-53-57-61-65-69-73-77-88-82(87)76-72-68-64-60-56-16-14-12-10-8-6-4-2/h21-22,25,27,79-80,84-85H,3-20,23-24,26,28-78H2,1-2H3,(H,83,86)/b22-21-,27-25-. The van der Waals surface area contributed by atoms with E-state index in [1.807, 2.05) is 0 Å². The van der Waals surface area contributed by atoms with Crippen LogP contribution < -0.4 is 5.32 Å². The average Bonchev–Trinajstić information content (AvgIpc) is 3.55. The van der Waals surface area contributed by atoms with Crippen LogP contribution in [0, 0.1) is 0 Å². The Bertz CT molecular complexity index is 1380. The number of rotatable bonds is 77. The van der Waals surface area contributed by atoms with Gasteiger partial charge in [-0.15, -0.1) is 0 Å². The average molecular weight is 1240 g/mol. The highest BCUT2D eigenvalue weighted by molar-refractivity contribution is 5.76. The zero-order chi connectivity index (χ0) is 63.5. The molecule has 3 N–H and O–H groups in total. The van der Waals surface area contributed by atoms with Crippen molar-refractivity contribution in [2.45, 2.75) is 475 Å². The molecule has 0 spiro atoms. The van der Waals surface area contributed by atoms with E-state index in [1.54, 1.807) is 0 Å². The number of ether oxygens (including phenoxy) is 1. The van der Waals surface area contributed by atoms with Crippen molar-refractivity contribution < 1.29 is 24.5 Å². The first-order chi connectivity index (χ1) is 43.5. The number of carbonyl (C=O) groups excluding carboxylic acids is 2. The molecule has 0 bridgehead atoms. The van der Waals surface area contributed by atoms with E-state index in [-0.39, 0.29) is 18.5 Å². The first-order valence-electron chi connectivity index (χ1n) is 40.6. The first kappa shape index (κ1) is 86.3. The van der Waals surface area contributed by atoms with E-state index in [0.717, 1.165) is 44.9 Å². The number of hydrogen-bond acceptors (Lipinski definition) is 5. The van der Waals surface area contributed by atoms with Crippen molar-refractivity contribution in [3.8, 4) is 0 Å². The molecule has 6 heteroatoms. The SMILES string of the molecule is CCCCCCCCCCCCCCCCCCCCCCC(O)C(CO)NC(=O)CCCCCCCCCCCCCCCCCCC/C=C\C/C=C\CCCCCCCCCCCCCCCCCOC(=O)CCCCCCCCCCCCCC. The lowest BCUT2D eigenvalue weighted by Gasteiger charge is -2.22. The molecule has 6 nitrogen and oxygen atoms in total. The monoisotopic (exact) mass is 1240 g/mol. The van der Waals surface area contributed by atoms with E-state index in [9.17, 15) is 19.8 Å². The van der Waals surface area contributed by atoms with Crippen LogP contribution in [0.5, 0.6) is 0 Å². The Labute approximate surface area is 551 Å². The number of carbonyl (C=O) groups is 2. The van der Waals surface area contributed by atoms with Crippen LogP contribution >= 0.6 is 0 Å². The van der Waals surface area contributed by atoms with Crippen LogP contribution in [0.4, 0.5) is 0 Å². The van der Waals surface area contributed by atoms with Gasteiger partial charge in [0.15, 0.2) is 0 Å². The molecule has 0 saturated heterocycles. The fourth-order valence-corrected chi connectivity index (χ4v) is 13.1. The minimum absolute atomic E-state index is 0.0219. The summed E-state index contributed by atoms with van der Waals surface area (Å²) in [6.07, 6.45) is 100. The van der Waals surface area contributed by atoms with Crippen molar-refractivity contribution in [3.63, 3.8) is 0 Å². The molecular weight excluding hydrogens is 1080 g/mol. The summed E-state index contributed by atoms with van der Waals surface area (Å²) in [4.78, 5) is 24.6. The fraction of sp³-hybridized carbons (Fsp3) is 0.927. The van der Waals surface area contributed by atoms with Gasteiger partial charge in [-0.3, -0.25) is 9.59 Å². The molecule has 0 saturated carbocycles. The van der Waals surface area contributed by atoms with Gasteiger partial charge >= 0.3 is 5.97 Å². The zero-order valence-electron chi connectivity index (χ0n) is 60.0. The number of hydrogen-bond donors (Lipinski definition) is 3. The van der Waals surface area contributed by atoms with Crippen LogP contribution in [-0.2, 0) is 14.3 Å². The van der Waals surface area contributed by atoms with Crippen molar-refractivity contribution >= 4 is 11.9 Å².